The first kappa shape index (κ1) is 23.1. The Hall–Kier alpha value is -1.21. The number of carbonyl (C=O) groups is 2. The molecule has 28 heavy (non-hydrogen) atoms. The number of thioether (sulfide) groups is 1. The maximum Gasteiger partial charge on any atom is 0.242 e. The predicted molar refractivity (Wildman–Crippen MR) is 121 cm³/mol. The van der Waals surface area contributed by atoms with Crippen LogP contribution in [0.1, 0.15) is 18.1 Å². The highest BCUT2D eigenvalue weighted by molar-refractivity contribution is 9.10. The molecule has 0 radical (unpaired) electrons. The summed E-state index contributed by atoms with van der Waals surface area (Å²) in [5, 5.41) is 3.62. The molecule has 0 heterocycles. The molecule has 1 atom stereocenters. The van der Waals surface area contributed by atoms with Crippen molar-refractivity contribution in [1.82, 2.24) is 10.2 Å². The van der Waals surface area contributed by atoms with Gasteiger partial charge in [-0.2, -0.15) is 0 Å². The van der Waals surface area contributed by atoms with Crippen LogP contribution in [0, 0.1) is 0 Å². The lowest BCUT2D eigenvalue weighted by atomic mass is 10.1. The molecule has 8 heteroatoms. The molecule has 4 nitrogen and oxygen atoms in total. The standard InChI is InChI=1S/C20H21BrCl2N2O2S/c1-13(20(27)24-2)25(10-14-3-6-16(21)7-4-14)19(26)12-28-11-15-5-8-17(22)18(23)9-15/h3-9,13H,10-12H2,1-2H3,(H,24,27). The van der Waals surface area contributed by atoms with Crippen LogP contribution in [-0.2, 0) is 21.9 Å². The van der Waals surface area contributed by atoms with Gasteiger partial charge in [0.2, 0.25) is 11.8 Å². The summed E-state index contributed by atoms with van der Waals surface area (Å²) in [6, 6.07) is 12.6. The lowest BCUT2D eigenvalue weighted by Gasteiger charge is -2.28. The minimum atomic E-state index is -0.563. The number of rotatable bonds is 8. The van der Waals surface area contributed by atoms with E-state index in [-0.39, 0.29) is 17.6 Å². The smallest absolute Gasteiger partial charge is 0.242 e. The number of nitrogens with zero attached hydrogens (tertiary/aromatic N) is 1. The van der Waals surface area contributed by atoms with Crippen LogP contribution >= 0.6 is 50.9 Å². The minimum Gasteiger partial charge on any atom is -0.357 e. The molecule has 0 aliphatic heterocycles. The van der Waals surface area contributed by atoms with E-state index in [9.17, 15) is 9.59 Å². The van der Waals surface area contributed by atoms with E-state index in [0.29, 0.717) is 22.3 Å². The van der Waals surface area contributed by atoms with E-state index < -0.39 is 6.04 Å². The number of benzene rings is 2. The third-order valence-corrected chi connectivity index (χ3v) is 6.41. The highest BCUT2D eigenvalue weighted by atomic mass is 79.9. The van der Waals surface area contributed by atoms with Gasteiger partial charge in [-0.25, -0.2) is 0 Å². The quantitative estimate of drug-likeness (QED) is 0.541. The lowest BCUT2D eigenvalue weighted by molar-refractivity contribution is -0.138. The van der Waals surface area contributed by atoms with Gasteiger partial charge in [0.15, 0.2) is 0 Å². The van der Waals surface area contributed by atoms with Crippen LogP contribution in [-0.4, -0.2) is 35.6 Å². The number of hydrogen-bond donors (Lipinski definition) is 1. The van der Waals surface area contributed by atoms with E-state index in [1.54, 1.807) is 31.0 Å². The number of nitrogens with one attached hydrogen (secondary N) is 1. The zero-order valence-electron chi connectivity index (χ0n) is 15.5. The molecule has 0 saturated heterocycles. The number of halogens is 3. The van der Waals surface area contributed by atoms with Gasteiger partial charge in [0.1, 0.15) is 6.04 Å². The molecular weight excluding hydrogens is 483 g/mol. The average Bonchev–Trinajstić information content (AvgIpc) is 2.69. The summed E-state index contributed by atoms with van der Waals surface area (Å²) in [7, 11) is 1.57. The fourth-order valence-corrected chi connectivity index (χ4v) is 3.99. The van der Waals surface area contributed by atoms with Gasteiger partial charge in [0.05, 0.1) is 15.8 Å². The number of likely N-dealkylation sites (N-methyl/N-ethyl adjacent to an activating group) is 1. The molecule has 2 amide bonds. The number of amides is 2. The van der Waals surface area contributed by atoms with E-state index in [4.69, 9.17) is 23.2 Å². The second-order valence-corrected chi connectivity index (χ2v) is 8.90. The molecule has 1 unspecified atom stereocenters. The van der Waals surface area contributed by atoms with Crippen molar-refractivity contribution in [2.45, 2.75) is 25.3 Å². The SMILES string of the molecule is CNC(=O)C(C)N(Cc1ccc(Br)cc1)C(=O)CSCc1ccc(Cl)c(Cl)c1. The van der Waals surface area contributed by atoms with Crippen LogP contribution in [0.25, 0.3) is 0 Å². The molecule has 0 aliphatic rings. The second kappa shape index (κ2) is 11.1. The summed E-state index contributed by atoms with van der Waals surface area (Å²) < 4.78 is 0.964. The maximum atomic E-state index is 12.9. The van der Waals surface area contributed by atoms with Crippen molar-refractivity contribution in [2.75, 3.05) is 12.8 Å². The van der Waals surface area contributed by atoms with E-state index >= 15 is 0 Å². The Morgan fingerprint density at radius 2 is 1.75 bits per heavy atom. The van der Waals surface area contributed by atoms with Gasteiger partial charge in [-0.1, -0.05) is 57.3 Å². The van der Waals surface area contributed by atoms with Crippen LogP contribution in [0.5, 0.6) is 0 Å². The first-order valence-electron chi connectivity index (χ1n) is 8.59. The second-order valence-electron chi connectivity index (χ2n) is 6.18. The zero-order valence-corrected chi connectivity index (χ0v) is 19.5. The molecule has 1 N–H and O–H groups in total. The molecule has 2 aromatic rings. The molecule has 0 aliphatic carbocycles. The summed E-state index contributed by atoms with van der Waals surface area (Å²) in [6.45, 7) is 2.10. The molecule has 150 valence electrons. The summed E-state index contributed by atoms with van der Waals surface area (Å²) in [6.07, 6.45) is 0. The Kier molecular flexibility index (Phi) is 9.15. The van der Waals surface area contributed by atoms with Crippen molar-refractivity contribution >= 4 is 62.7 Å². The van der Waals surface area contributed by atoms with Crippen molar-refractivity contribution in [1.29, 1.82) is 0 Å². The first-order valence-corrected chi connectivity index (χ1v) is 11.3. The van der Waals surface area contributed by atoms with Crippen molar-refractivity contribution in [3.05, 3.63) is 68.1 Å². The third-order valence-electron chi connectivity index (χ3n) is 4.16. The molecule has 2 aromatic carbocycles. The Bertz CT molecular complexity index is 833. The van der Waals surface area contributed by atoms with Gasteiger partial charge in [0.25, 0.3) is 0 Å². The van der Waals surface area contributed by atoms with Crippen molar-refractivity contribution in [3.63, 3.8) is 0 Å². The lowest BCUT2D eigenvalue weighted by Crippen LogP contribution is -2.47. The predicted octanol–water partition coefficient (Wildman–Crippen LogP) is 5.15. The maximum absolute atomic E-state index is 12.9. The summed E-state index contributed by atoms with van der Waals surface area (Å²) in [4.78, 5) is 26.6. The summed E-state index contributed by atoms with van der Waals surface area (Å²) in [5.74, 6) is 0.602. The van der Waals surface area contributed by atoms with Crippen molar-refractivity contribution < 1.29 is 9.59 Å². The van der Waals surface area contributed by atoms with Gasteiger partial charge in [-0.05, 0) is 42.3 Å². The molecular formula is C20H21BrCl2N2O2S. The van der Waals surface area contributed by atoms with E-state index in [0.717, 1.165) is 15.6 Å². The Balaban J connectivity index is 2.03. The topological polar surface area (TPSA) is 49.4 Å². The van der Waals surface area contributed by atoms with Crippen LogP contribution in [0.3, 0.4) is 0 Å². The van der Waals surface area contributed by atoms with Crippen LogP contribution < -0.4 is 5.32 Å². The average molecular weight is 504 g/mol. The summed E-state index contributed by atoms with van der Waals surface area (Å²) in [5.41, 5.74) is 1.95. The highest BCUT2D eigenvalue weighted by Crippen LogP contribution is 2.25. The van der Waals surface area contributed by atoms with Crippen molar-refractivity contribution in [3.8, 4) is 0 Å². The molecule has 0 fully saturated rings. The Labute approximate surface area is 188 Å². The molecule has 0 spiro atoms. The number of hydrogen-bond acceptors (Lipinski definition) is 3. The van der Waals surface area contributed by atoms with E-state index in [1.165, 1.54) is 11.8 Å². The number of carbonyl (C=O) groups excluding carboxylic acids is 2. The van der Waals surface area contributed by atoms with Gasteiger partial charge in [0, 0.05) is 23.8 Å². The normalized spacial score (nSPS) is 11.8. The monoisotopic (exact) mass is 502 g/mol. The summed E-state index contributed by atoms with van der Waals surface area (Å²) >= 11 is 16.8. The Morgan fingerprint density at radius 3 is 2.36 bits per heavy atom. The minimum absolute atomic E-state index is 0.0934. The van der Waals surface area contributed by atoms with Gasteiger partial charge in [-0.15, -0.1) is 11.8 Å². The van der Waals surface area contributed by atoms with Crippen LogP contribution in [0.2, 0.25) is 10.0 Å². The van der Waals surface area contributed by atoms with Crippen LogP contribution in [0.4, 0.5) is 0 Å². The molecule has 2 rings (SSSR count). The van der Waals surface area contributed by atoms with Gasteiger partial charge >= 0.3 is 0 Å². The molecule has 0 aromatic heterocycles. The zero-order chi connectivity index (χ0) is 20.7. The Morgan fingerprint density at radius 1 is 1.11 bits per heavy atom. The fourth-order valence-electron chi connectivity index (χ4n) is 2.55. The first-order chi connectivity index (χ1) is 13.3. The largest absolute Gasteiger partial charge is 0.357 e. The van der Waals surface area contributed by atoms with Gasteiger partial charge < -0.3 is 10.2 Å². The van der Waals surface area contributed by atoms with E-state index in [1.807, 2.05) is 30.3 Å². The fraction of sp³-hybridized carbons (Fsp3) is 0.300. The highest BCUT2D eigenvalue weighted by Gasteiger charge is 2.25. The van der Waals surface area contributed by atoms with Gasteiger partial charge in [-0.3, -0.25) is 9.59 Å². The van der Waals surface area contributed by atoms with Crippen molar-refractivity contribution in [2.24, 2.45) is 0 Å². The van der Waals surface area contributed by atoms with Crippen LogP contribution in [0.15, 0.2) is 46.9 Å². The molecule has 0 bridgehead atoms. The third kappa shape index (κ3) is 6.69. The van der Waals surface area contributed by atoms with E-state index in [2.05, 4.69) is 21.2 Å². The molecule has 0 saturated carbocycles.